The molecular weight excluding hydrogens is 268 g/mol. The molecule has 0 amide bonds. The molecule has 20 heavy (non-hydrogen) atoms. The van der Waals surface area contributed by atoms with E-state index in [9.17, 15) is 0 Å². The van der Waals surface area contributed by atoms with Gasteiger partial charge in [-0.1, -0.05) is 35.9 Å². The summed E-state index contributed by atoms with van der Waals surface area (Å²) in [6.07, 6.45) is 2.07. The van der Waals surface area contributed by atoms with Crippen LogP contribution in [0.1, 0.15) is 16.7 Å². The standard InChI is InChI=1S/C17H15ClN2/c18-16-11-13(12-19)5-6-17(16)20-9-7-14-3-1-2-4-15(14)8-10-20/h1-6,11H,7-10H2. The van der Waals surface area contributed by atoms with Crippen molar-refractivity contribution < 1.29 is 0 Å². The second kappa shape index (κ2) is 5.56. The molecule has 0 bridgehead atoms. The van der Waals surface area contributed by atoms with Crippen molar-refractivity contribution in [1.29, 1.82) is 5.26 Å². The van der Waals surface area contributed by atoms with E-state index in [-0.39, 0.29) is 0 Å². The van der Waals surface area contributed by atoms with Crippen LogP contribution in [0.5, 0.6) is 0 Å². The molecule has 0 saturated carbocycles. The Morgan fingerprint density at radius 2 is 1.65 bits per heavy atom. The van der Waals surface area contributed by atoms with Crippen LogP contribution in [-0.4, -0.2) is 13.1 Å². The molecule has 0 fully saturated rings. The van der Waals surface area contributed by atoms with E-state index in [2.05, 4.69) is 35.2 Å². The molecule has 2 aromatic rings. The summed E-state index contributed by atoms with van der Waals surface area (Å²) in [5.74, 6) is 0. The minimum Gasteiger partial charge on any atom is -0.370 e. The van der Waals surface area contributed by atoms with E-state index in [1.807, 2.05) is 12.1 Å². The fourth-order valence-corrected chi connectivity index (χ4v) is 3.04. The number of fused-ring (bicyclic) bond motifs is 1. The Kier molecular flexibility index (Phi) is 3.62. The minimum atomic E-state index is 0.608. The van der Waals surface area contributed by atoms with E-state index in [0.717, 1.165) is 31.6 Å². The fraction of sp³-hybridized carbons (Fsp3) is 0.235. The van der Waals surface area contributed by atoms with Gasteiger partial charge in [-0.15, -0.1) is 0 Å². The lowest BCUT2D eigenvalue weighted by Crippen LogP contribution is -2.26. The van der Waals surface area contributed by atoms with Gasteiger partial charge in [0.15, 0.2) is 0 Å². The first-order valence-electron chi connectivity index (χ1n) is 6.79. The lowest BCUT2D eigenvalue weighted by Gasteiger charge is -2.23. The monoisotopic (exact) mass is 282 g/mol. The highest BCUT2D eigenvalue weighted by molar-refractivity contribution is 6.33. The number of rotatable bonds is 1. The zero-order chi connectivity index (χ0) is 13.9. The molecule has 100 valence electrons. The number of halogens is 1. The summed E-state index contributed by atoms with van der Waals surface area (Å²) in [6.45, 7) is 1.92. The Hall–Kier alpha value is -1.98. The van der Waals surface area contributed by atoms with Crippen LogP contribution < -0.4 is 4.90 Å². The molecule has 2 nitrogen and oxygen atoms in total. The smallest absolute Gasteiger partial charge is 0.0992 e. The Morgan fingerprint density at radius 1 is 1.00 bits per heavy atom. The summed E-state index contributed by atoms with van der Waals surface area (Å²) in [5.41, 5.74) is 4.50. The molecule has 0 radical (unpaired) electrons. The van der Waals surface area contributed by atoms with Crippen molar-refractivity contribution in [3.05, 3.63) is 64.2 Å². The maximum Gasteiger partial charge on any atom is 0.0992 e. The van der Waals surface area contributed by atoms with E-state index >= 15 is 0 Å². The van der Waals surface area contributed by atoms with Crippen molar-refractivity contribution in [1.82, 2.24) is 0 Å². The first-order chi connectivity index (χ1) is 9.78. The third kappa shape index (κ3) is 2.50. The number of hydrogen-bond donors (Lipinski definition) is 0. The second-order valence-electron chi connectivity index (χ2n) is 5.03. The molecule has 1 aliphatic rings. The highest BCUT2D eigenvalue weighted by atomic mass is 35.5. The van der Waals surface area contributed by atoms with E-state index in [1.54, 1.807) is 6.07 Å². The van der Waals surface area contributed by atoms with E-state index in [4.69, 9.17) is 16.9 Å². The lowest BCUT2D eigenvalue weighted by molar-refractivity contribution is 0.806. The third-order valence-electron chi connectivity index (χ3n) is 3.84. The Labute approximate surface area is 124 Å². The highest BCUT2D eigenvalue weighted by Gasteiger charge is 2.16. The van der Waals surface area contributed by atoms with Gasteiger partial charge >= 0.3 is 0 Å². The normalized spacial score (nSPS) is 14.3. The average molecular weight is 283 g/mol. The van der Waals surface area contributed by atoms with Gasteiger partial charge in [0.2, 0.25) is 0 Å². The van der Waals surface area contributed by atoms with Crippen molar-refractivity contribution in [3.63, 3.8) is 0 Å². The van der Waals surface area contributed by atoms with Crippen molar-refractivity contribution in [2.75, 3.05) is 18.0 Å². The molecule has 1 heterocycles. The molecule has 0 spiro atoms. The molecule has 1 aliphatic heterocycles. The van der Waals surface area contributed by atoms with Crippen LogP contribution in [0.25, 0.3) is 0 Å². The van der Waals surface area contributed by atoms with E-state index < -0.39 is 0 Å². The van der Waals surface area contributed by atoms with Crippen LogP contribution in [-0.2, 0) is 12.8 Å². The first-order valence-corrected chi connectivity index (χ1v) is 7.17. The lowest BCUT2D eigenvalue weighted by atomic mass is 10.0. The van der Waals surface area contributed by atoms with Crippen molar-refractivity contribution in [3.8, 4) is 6.07 Å². The highest BCUT2D eigenvalue weighted by Crippen LogP contribution is 2.28. The summed E-state index contributed by atoms with van der Waals surface area (Å²) in [5, 5.41) is 9.57. The molecule has 0 N–H and O–H groups in total. The van der Waals surface area contributed by atoms with Crippen molar-refractivity contribution in [2.24, 2.45) is 0 Å². The molecule has 0 saturated heterocycles. The van der Waals surface area contributed by atoms with Crippen LogP contribution in [0.15, 0.2) is 42.5 Å². The van der Waals surface area contributed by atoms with Crippen molar-refractivity contribution >= 4 is 17.3 Å². The summed E-state index contributed by atoms with van der Waals surface area (Å²) in [4.78, 5) is 2.31. The molecular formula is C17H15ClN2. The van der Waals surface area contributed by atoms with E-state index in [0.29, 0.717) is 10.6 Å². The molecule has 3 heteroatoms. The van der Waals surface area contributed by atoms with Gasteiger partial charge in [0, 0.05) is 13.1 Å². The van der Waals surface area contributed by atoms with Gasteiger partial charge in [-0.05, 0) is 42.2 Å². The SMILES string of the molecule is N#Cc1ccc(N2CCc3ccccc3CC2)c(Cl)c1. The van der Waals surface area contributed by atoms with Gasteiger partial charge in [-0.3, -0.25) is 0 Å². The maximum absolute atomic E-state index is 8.90. The largest absolute Gasteiger partial charge is 0.370 e. The summed E-state index contributed by atoms with van der Waals surface area (Å²) < 4.78 is 0. The number of anilines is 1. The summed E-state index contributed by atoms with van der Waals surface area (Å²) in [6, 6.07) is 16.3. The van der Waals surface area contributed by atoms with Gasteiger partial charge in [0.25, 0.3) is 0 Å². The molecule has 0 atom stereocenters. The quantitative estimate of drug-likeness (QED) is 0.795. The predicted molar refractivity (Wildman–Crippen MR) is 82.2 cm³/mol. The number of benzene rings is 2. The van der Waals surface area contributed by atoms with Gasteiger partial charge < -0.3 is 4.90 Å². The zero-order valence-electron chi connectivity index (χ0n) is 11.1. The molecule has 0 unspecified atom stereocenters. The first kappa shape index (κ1) is 13.0. The Balaban J connectivity index is 1.85. The minimum absolute atomic E-state index is 0.608. The molecule has 2 aromatic carbocycles. The third-order valence-corrected chi connectivity index (χ3v) is 4.14. The fourth-order valence-electron chi connectivity index (χ4n) is 2.74. The van der Waals surface area contributed by atoms with Gasteiger partial charge in [-0.2, -0.15) is 5.26 Å². The topological polar surface area (TPSA) is 27.0 Å². The Morgan fingerprint density at radius 3 is 2.20 bits per heavy atom. The summed E-state index contributed by atoms with van der Waals surface area (Å²) >= 11 is 6.31. The second-order valence-corrected chi connectivity index (χ2v) is 5.44. The van der Waals surface area contributed by atoms with Gasteiger partial charge in [0.05, 0.1) is 22.3 Å². The van der Waals surface area contributed by atoms with Crippen LogP contribution in [0, 0.1) is 11.3 Å². The van der Waals surface area contributed by atoms with Crippen LogP contribution >= 0.6 is 11.6 Å². The maximum atomic E-state index is 8.90. The van der Waals surface area contributed by atoms with Gasteiger partial charge in [0.1, 0.15) is 0 Å². The predicted octanol–water partition coefficient (Wildman–Crippen LogP) is 3.82. The summed E-state index contributed by atoms with van der Waals surface area (Å²) in [7, 11) is 0. The van der Waals surface area contributed by atoms with Crippen LogP contribution in [0.4, 0.5) is 5.69 Å². The molecule has 3 rings (SSSR count). The van der Waals surface area contributed by atoms with E-state index in [1.165, 1.54) is 11.1 Å². The van der Waals surface area contributed by atoms with Crippen molar-refractivity contribution in [2.45, 2.75) is 12.8 Å². The Bertz CT molecular complexity index is 646. The molecule has 0 aliphatic carbocycles. The number of nitrogens with zero attached hydrogens (tertiary/aromatic N) is 2. The zero-order valence-corrected chi connectivity index (χ0v) is 11.9. The average Bonchev–Trinajstić information content (AvgIpc) is 2.70. The molecule has 0 aromatic heterocycles. The van der Waals surface area contributed by atoms with Crippen LogP contribution in [0.3, 0.4) is 0 Å². The van der Waals surface area contributed by atoms with Crippen LogP contribution in [0.2, 0.25) is 5.02 Å². The number of hydrogen-bond acceptors (Lipinski definition) is 2. The number of nitriles is 1. The van der Waals surface area contributed by atoms with Gasteiger partial charge in [-0.25, -0.2) is 0 Å².